The maximum absolute atomic E-state index is 13.1. The number of carbonyl (C=O) groups is 1. The predicted molar refractivity (Wildman–Crippen MR) is 93.3 cm³/mol. The van der Waals surface area contributed by atoms with Crippen LogP contribution in [0, 0.1) is 12.7 Å². The predicted octanol–water partition coefficient (Wildman–Crippen LogP) is 3.17. The lowest BCUT2D eigenvalue weighted by Gasteiger charge is -2.09. The van der Waals surface area contributed by atoms with E-state index in [-0.39, 0.29) is 21.6 Å². The minimum Gasteiger partial charge on any atom is -0.325 e. The fraction of sp³-hybridized carbons (Fsp3) is 0.133. The first-order valence-electron chi connectivity index (χ1n) is 6.68. The van der Waals surface area contributed by atoms with E-state index >= 15 is 0 Å². The number of anilines is 1. The van der Waals surface area contributed by atoms with Crippen LogP contribution >= 0.6 is 23.4 Å². The van der Waals surface area contributed by atoms with Gasteiger partial charge in [-0.2, -0.15) is 0 Å². The van der Waals surface area contributed by atoms with Crippen molar-refractivity contribution in [3.63, 3.8) is 0 Å². The van der Waals surface area contributed by atoms with Crippen molar-refractivity contribution in [3.05, 3.63) is 52.8 Å². The van der Waals surface area contributed by atoms with Crippen molar-refractivity contribution in [2.75, 3.05) is 11.1 Å². The number of benzene rings is 2. The molecule has 0 saturated carbocycles. The molecule has 0 atom stereocenters. The SMILES string of the molecule is Cc1ccc(NC(=O)CSc2ccc(F)c(Cl)c2)cc1S(N)(=O)=O. The van der Waals surface area contributed by atoms with E-state index in [2.05, 4.69) is 5.32 Å². The van der Waals surface area contributed by atoms with Gasteiger partial charge in [0.05, 0.1) is 15.7 Å². The van der Waals surface area contributed by atoms with E-state index in [4.69, 9.17) is 16.7 Å². The first-order chi connectivity index (χ1) is 11.2. The number of nitrogens with two attached hydrogens (primary N) is 1. The van der Waals surface area contributed by atoms with Crippen molar-refractivity contribution in [2.45, 2.75) is 16.7 Å². The van der Waals surface area contributed by atoms with Gasteiger partial charge in [0.1, 0.15) is 5.82 Å². The first kappa shape index (κ1) is 18.7. The molecular formula is C15H14ClFN2O3S2. The molecule has 1 amide bonds. The topological polar surface area (TPSA) is 89.3 Å². The van der Waals surface area contributed by atoms with Gasteiger partial charge in [0.15, 0.2) is 0 Å². The lowest BCUT2D eigenvalue weighted by atomic mass is 10.2. The van der Waals surface area contributed by atoms with E-state index in [1.165, 1.54) is 36.0 Å². The van der Waals surface area contributed by atoms with Gasteiger partial charge in [0.25, 0.3) is 0 Å². The van der Waals surface area contributed by atoms with Crippen LogP contribution in [0.25, 0.3) is 0 Å². The summed E-state index contributed by atoms with van der Waals surface area (Å²) in [6, 6.07) is 8.62. The van der Waals surface area contributed by atoms with Gasteiger partial charge >= 0.3 is 0 Å². The number of thioether (sulfide) groups is 1. The Morgan fingerprint density at radius 2 is 2.00 bits per heavy atom. The van der Waals surface area contributed by atoms with Crippen molar-refractivity contribution in [2.24, 2.45) is 5.14 Å². The third-order valence-corrected chi connectivity index (χ3v) is 5.38. The molecule has 2 rings (SSSR count). The Balaban J connectivity index is 2.03. The normalized spacial score (nSPS) is 11.3. The van der Waals surface area contributed by atoms with Crippen LogP contribution in [-0.2, 0) is 14.8 Å². The summed E-state index contributed by atoms with van der Waals surface area (Å²) in [5, 5.41) is 7.70. The Hall–Kier alpha value is -1.61. The minimum absolute atomic E-state index is 0.0169. The molecule has 0 fully saturated rings. The summed E-state index contributed by atoms with van der Waals surface area (Å²) < 4.78 is 36.0. The largest absolute Gasteiger partial charge is 0.325 e. The average molecular weight is 389 g/mol. The monoisotopic (exact) mass is 388 g/mol. The molecule has 2 aromatic carbocycles. The molecule has 0 bridgehead atoms. The van der Waals surface area contributed by atoms with Gasteiger partial charge in [-0.1, -0.05) is 17.7 Å². The molecule has 0 saturated heterocycles. The summed E-state index contributed by atoms with van der Waals surface area (Å²) in [4.78, 5) is 12.6. The van der Waals surface area contributed by atoms with Gasteiger partial charge in [-0.15, -0.1) is 11.8 Å². The second kappa shape index (κ2) is 7.52. The van der Waals surface area contributed by atoms with Gasteiger partial charge < -0.3 is 5.32 Å². The average Bonchev–Trinajstić information content (AvgIpc) is 2.49. The summed E-state index contributed by atoms with van der Waals surface area (Å²) in [5.74, 6) is -0.814. The second-order valence-corrected chi connectivity index (χ2v) is 7.92. The van der Waals surface area contributed by atoms with Crippen LogP contribution < -0.4 is 10.5 Å². The zero-order valence-electron chi connectivity index (χ0n) is 12.5. The highest BCUT2D eigenvalue weighted by molar-refractivity contribution is 8.00. The summed E-state index contributed by atoms with van der Waals surface area (Å²) in [7, 11) is -3.86. The van der Waals surface area contributed by atoms with Crippen molar-refractivity contribution in [3.8, 4) is 0 Å². The molecule has 0 aromatic heterocycles. The Bertz CT molecular complexity index is 888. The van der Waals surface area contributed by atoms with Crippen LogP contribution in [0.1, 0.15) is 5.56 Å². The number of sulfonamides is 1. The highest BCUT2D eigenvalue weighted by Gasteiger charge is 2.13. The summed E-state index contributed by atoms with van der Waals surface area (Å²) in [6.45, 7) is 1.61. The Labute approximate surface area is 148 Å². The smallest absolute Gasteiger partial charge is 0.238 e. The number of hydrogen-bond acceptors (Lipinski definition) is 4. The number of nitrogens with one attached hydrogen (secondary N) is 1. The van der Waals surface area contributed by atoms with E-state index in [1.54, 1.807) is 19.1 Å². The van der Waals surface area contributed by atoms with Crippen molar-refractivity contribution in [1.82, 2.24) is 0 Å². The van der Waals surface area contributed by atoms with Crippen LogP contribution in [0.2, 0.25) is 5.02 Å². The van der Waals surface area contributed by atoms with Gasteiger partial charge in [-0.25, -0.2) is 17.9 Å². The van der Waals surface area contributed by atoms with Crippen LogP contribution in [-0.4, -0.2) is 20.1 Å². The molecule has 128 valence electrons. The quantitative estimate of drug-likeness (QED) is 0.770. The van der Waals surface area contributed by atoms with Gasteiger partial charge in [0, 0.05) is 10.6 Å². The third-order valence-electron chi connectivity index (χ3n) is 3.04. The standard InChI is InChI=1S/C15H14ClFN2O3S2/c1-9-2-3-10(6-14(9)24(18,21)22)19-15(20)8-23-11-4-5-13(17)12(16)7-11/h2-7H,8H2,1H3,(H,19,20)(H2,18,21,22). The van der Waals surface area contributed by atoms with E-state index in [0.717, 1.165) is 0 Å². The Morgan fingerprint density at radius 3 is 2.62 bits per heavy atom. The molecule has 0 aliphatic carbocycles. The lowest BCUT2D eigenvalue weighted by molar-refractivity contribution is -0.113. The van der Waals surface area contributed by atoms with E-state index in [0.29, 0.717) is 16.1 Å². The molecule has 9 heteroatoms. The van der Waals surface area contributed by atoms with Crippen LogP contribution in [0.3, 0.4) is 0 Å². The third kappa shape index (κ3) is 4.94. The van der Waals surface area contributed by atoms with E-state index < -0.39 is 15.8 Å². The molecule has 0 aliphatic rings. The molecule has 2 aromatic rings. The zero-order valence-corrected chi connectivity index (χ0v) is 14.9. The van der Waals surface area contributed by atoms with Gasteiger partial charge in [-0.05, 0) is 42.8 Å². The summed E-state index contributed by atoms with van der Waals surface area (Å²) >= 11 is 6.85. The second-order valence-electron chi connectivity index (χ2n) is 4.94. The number of halogens is 2. The van der Waals surface area contributed by atoms with Gasteiger partial charge in [-0.3, -0.25) is 4.79 Å². The molecule has 0 unspecified atom stereocenters. The van der Waals surface area contributed by atoms with Crippen LogP contribution in [0.4, 0.5) is 10.1 Å². The fourth-order valence-electron chi connectivity index (χ4n) is 1.90. The maximum atomic E-state index is 13.1. The molecule has 0 heterocycles. The van der Waals surface area contributed by atoms with Crippen molar-refractivity contribution in [1.29, 1.82) is 0 Å². The van der Waals surface area contributed by atoms with Gasteiger partial charge in [0.2, 0.25) is 15.9 Å². The molecular weight excluding hydrogens is 375 g/mol. The summed E-state index contributed by atoms with van der Waals surface area (Å²) in [5.41, 5.74) is 0.818. The molecule has 0 radical (unpaired) electrons. The van der Waals surface area contributed by atoms with Crippen molar-refractivity contribution >= 4 is 45.0 Å². The highest BCUT2D eigenvalue weighted by Crippen LogP contribution is 2.24. The summed E-state index contributed by atoms with van der Waals surface area (Å²) in [6.07, 6.45) is 0. The number of rotatable bonds is 5. The van der Waals surface area contributed by atoms with E-state index in [1.807, 2.05) is 0 Å². The first-order valence-corrected chi connectivity index (χ1v) is 9.59. The van der Waals surface area contributed by atoms with E-state index in [9.17, 15) is 17.6 Å². The molecule has 3 N–H and O–H groups in total. The highest BCUT2D eigenvalue weighted by atomic mass is 35.5. The number of primary sulfonamides is 1. The number of amides is 1. The lowest BCUT2D eigenvalue weighted by Crippen LogP contribution is -2.17. The van der Waals surface area contributed by atoms with Crippen LogP contribution in [0.5, 0.6) is 0 Å². The molecule has 0 aliphatic heterocycles. The number of carbonyl (C=O) groups excluding carboxylic acids is 1. The zero-order chi connectivity index (χ0) is 17.9. The molecule has 5 nitrogen and oxygen atoms in total. The molecule has 0 spiro atoms. The maximum Gasteiger partial charge on any atom is 0.238 e. The minimum atomic E-state index is -3.86. The number of aryl methyl sites for hydroxylation is 1. The fourth-order valence-corrected chi connectivity index (χ4v) is 3.69. The molecule has 24 heavy (non-hydrogen) atoms. The number of hydrogen-bond donors (Lipinski definition) is 2. The Kier molecular flexibility index (Phi) is 5.87. The van der Waals surface area contributed by atoms with Crippen molar-refractivity contribution < 1.29 is 17.6 Å². The van der Waals surface area contributed by atoms with Crippen LogP contribution in [0.15, 0.2) is 46.2 Å². The Morgan fingerprint density at radius 1 is 1.29 bits per heavy atom.